The number of benzene rings is 2. The molecule has 3 heterocycles. The van der Waals surface area contributed by atoms with Crippen LogP contribution in [0.4, 0.5) is 0 Å². The van der Waals surface area contributed by atoms with Gasteiger partial charge in [0.2, 0.25) is 5.43 Å². The Bertz CT molecular complexity index is 1270. The Balaban J connectivity index is 1.81. The molecule has 0 saturated heterocycles. The average Bonchev–Trinajstić information content (AvgIpc) is 2.87. The molecule has 2 atom stereocenters. The largest absolute Gasteiger partial charge is 0.502 e. The molecule has 2 aromatic carbocycles. The predicted molar refractivity (Wildman–Crippen MR) is 125 cm³/mol. The third kappa shape index (κ3) is 3.55. The van der Waals surface area contributed by atoms with E-state index in [0.717, 1.165) is 16.9 Å². The quantitative estimate of drug-likeness (QED) is 0.615. The van der Waals surface area contributed by atoms with Crippen LogP contribution in [0.25, 0.3) is 0 Å². The Labute approximate surface area is 191 Å². The molecule has 0 unspecified atom stereocenters. The molecule has 168 valence electrons. The van der Waals surface area contributed by atoms with Crippen molar-refractivity contribution in [3.8, 4) is 11.5 Å². The third-order valence-electron chi connectivity index (χ3n) is 6.23. The summed E-state index contributed by atoms with van der Waals surface area (Å²) in [5, 5.41) is 12.7. The summed E-state index contributed by atoms with van der Waals surface area (Å²) in [4.78, 5) is 27.5. The van der Waals surface area contributed by atoms with E-state index in [2.05, 4.69) is 0 Å². The molecule has 1 N–H and O–H groups in total. The van der Waals surface area contributed by atoms with Gasteiger partial charge < -0.3 is 14.7 Å². The van der Waals surface area contributed by atoms with E-state index in [1.54, 1.807) is 15.8 Å². The maximum atomic E-state index is 13.5. The van der Waals surface area contributed by atoms with Crippen molar-refractivity contribution >= 4 is 5.91 Å². The number of aromatic nitrogens is 1. The molecule has 0 fully saturated rings. The van der Waals surface area contributed by atoms with Crippen molar-refractivity contribution in [3.05, 3.63) is 106 Å². The molecule has 7 heteroatoms. The predicted octanol–water partition coefficient (Wildman–Crippen LogP) is 3.42. The van der Waals surface area contributed by atoms with E-state index in [1.807, 2.05) is 78.7 Å². The summed E-state index contributed by atoms with van der Waals surface area (Å²) in [7, 11) is 0. The van der Waals surface area contributed by atoms with Crippen molar-refractivity contribution in [3.63, 3.8) is 0 Å². The van der Waals surface area contributed by atoms with Crippen LogP contribution in [0.2, 0.25) is 0 Å². The van der Waals surface area contributed by atoms with Crippen LogP contribution in [-0.4, -0.2) is 39.9 Å². The van der Waals surface area contributed by atoms with Crippen LogP contribution in [0, 0.1) is 0 Å². The molecule has 0 radical (unpaired) electrons. The van der Waals surface area contributed by atoms with Crippen LogP contribution in [0.5, 0.6) is 11.5 Å². The fourth-order valence-corrected chi connectivity index (χ4v) is 4.61. The fourth-order valence-electron chi connectivity index (χ4n) is 4.61. The highest BCUT2D eigenvalue weighted by Gasteiger charge is 2.39. The average molecular weight is 444 g/mol. The molecule has 0 aliphatic carbocycles. The maximum absolute atomic E-state index is 13.5. The van der Waals surface area contributed by atoms with E-state index in [4.69, 9.17) is 4.74 Å². The Hall–Kier alpha value is -4.00. The monoisotopic (exact) mass is 443 g/mol. The molecule has 2 bridgehead atoms. The zero-order valence-corrected chi connectivity index (χ0v) is 18.3. The summed E-state index contributed by atoms with van der Waals surface area (Å²) in [6.07, 6.45) is 6.10. The SMILES string of the molecule is CC[C@@H]1/C=C\COc2ccccc2[C@H](c2ccccc2)N2CN1C(=O)c1c(O)c(=O)ccn12. The molecular weight excluding hydrogens is 418 g/mol. The molecule has 1 amide bonds. The van der Waals surface area contributed by atoms with E-state index >= 15 is 0 Å². The van der Waals surface area contributed by atoms with Gasteiger partial charge in [0.05, 0.1) is 6.04 Å². The van der Waals surface area contributed by atoms with Gasteiger partial charge >= 0.3 is 0 Å². The number of pyridine rings is 1. The number of carbonyl (C=O) groups excluding carboxylic acids is 1. The smallest absolute Gasteiger partial charge is 0.278 e. The maximum Gasteiger partial charge on any atom is 0.278 e. The molecule has 1 aromatic heterocycles. The van der Waals surface area contributed by atoms with Crippen molar-refractivity contribution in [2.45, 2.75) is 25.4 Å². The summed E-state index contributed by atoms with van der Waals surface area (Å²) in [5.41, 5.74) is 1.31. The van der Waals surface area contributed by atoms with Gasteiger partial charge in [0.15, 0.2) is 11.4 Å². The molecule has 0 saturated carbocycles. The Kier molecular flexibility index (Phi) is 5.38. The lowest BCUT2D eigenvalue weighted by atomic mass is 9.97. The highest BCUT2D eigenvalue weighted by molar-refractivity contribution is 5.96. The third-order valence-corrected chi connectivity index (χ3v) is 6.23. The zero-order valence-electron chi connectivity index (χ0n) is 18.3. The van der Waals surface area contributed by atoms with E-state index in [-0.39, 0.29) is 30.4 Å². The second-order valence-corrected chi connectivity index (χ2v) is 8.14. The van der Waals surface area contributed by atoms with Crippen molar-refractivity contribution < 1.29 is 14.6 Å². The number of nitrogens with zero attached hydrogens (tertiary/aromatic N) is 3. The Morgan fingerprint density at radius 3 is 2.58 bits per heavy atom. The minimum absolute atomic E-state index is 0.0285. The summed E-state index contributed by atoms with van der Waals surface area (Å²) in [6, 6.07) is 18.5. The molecule has 2 aliphatic rings. The van der Waals surface area contributed by atoms with Crippen molar-refractivity contribution in [2.75, 3.05) is 18.3 Å². The van der Waals surface area contributed by atoms with Gasteiger partial charge in [-0.1, -0.05) is 61.5 Å². The van der Waals surface area contributed by atoms with Crippen LogP contribution >= 0.6 is 0 Å². The number of ether oxygens (including phenoxy) is 1. The van der Waals surface area contributed by atoms with E-state index < -0.39 is 11.2 Å². The van der Waals surface area contributed by atoms with Crippen LogP contribution in [0.15, 0.2) is 83.8 Å². The van der Waals surface area contributed by atoms with Crippen molar-refractivity contribution in [1.29, 1.82) is 0 Å². The van der Waals surface area contributed by atoms with Crippen LogP contribution < -0.4 is 15.2 Å². The second-order valence-electron chi connectivity index (χ2n) is 8.14. The standard InChI is InChI=1S/C26H25N3O4/c1-2-19-11-8-16-33-22-13-7-6-12-20(22)23(18-9-4-3-5-10-18)29-17-27(19)26(32)24-25(31)21(30)14-15-28(24)29/h3-15,19,23,31H,2,16-17H2,1H3/b11-8-/t19-,23+/m1/s1. The number of fused-ring (bicyclic) bond motifs is 5. The lowest BCUT2D eigenvalue weighted by Crippen LogP contribution is -2.57. The van der Waals surface area contributed by atoms with Gasteiger partial charge in [0.1, 0.15) is 25.1 Å². The highest BCUT2D eigenvalue weighted by atomic mass is 16.5. The molecule has 3 aromatic rings. The van der Waals surface area contributed by atoms with Crippen LogP contribution in [-0.2, 0) is 0 Å². The van der Waals surface area contributed by atoms with Crippen molar-refractivity contribution in [2.24, 2.45) is 0 Å². The van der Waals surface area contributed by atoms with Crippen LogP contribution in [0.1, 0.15) is 41.0 Å². The van der Waals surface area contributed by atoms with Gasteiger partial charge in [-0.3, -0.25) is 19.3 Å². The van der Waals surface area contributed by atoms with Gasteiger partial charge in [-0.2, -0.15) is 0 Å². The number of amides is 1. The first kappa shape index (κ1) is 20.9. The van der Waals surface area contributed by atoms with Gasteiger partial charge in [-0.25, -0.2) is 0 Å². The lowest BCUT2D eigenvalue weighted by Gasteiger charge is -2.45. The fraction of sp³-hybridized carbons (Fsp3) is 0.231. The van der Waals surface area contributed by atoms with Crippen molar-refractivity contribution in [1.82, 2.24) is 9.58 Å². The molecule has 7 nitrogen and oxygen atoms in total. The summed E-state index contributed by atoms with van der Waals surface area (Å²) in [6.45, 7) is 2.64. The zero-order chi connectivity index (χ0) is 22.9. The van der Waals surface area contributed by atoms with Gasteiger partial charge in [-0.15, -0.1) is 0 Å². The Morgan fingerprint density at radius 1 is 1.03 bits per heavy atom. The van der Waals surface area contributed by atoms with E-state index in [0.29, 0.717) is 13.0 Å². The number of rotatable bonds is 2. The second kappa shape index (κ2) is 8.50. The van der Waals surface area contributed by atoms with Gasteiger partial charge in [0.25, 0.3) is 5.91 Å². The highest BCUT2D eigenvalue weighted by Crippen LogP contribution is 2.37. The normalized spacial score (nSPS) is 20.8. The van der Waals surface area contributed by atoms with Gasteiger partial charge in [-0.05, 0) is 24.1 Å². The molecule has 0 spiro atoms. The number of hydrogen-bond donors (Lipinski definition) is 1. The molecule has 33 heavy (non-hydrogen) atoms. The lowest BCUT2D eigenvalue weighted by molar-refractivity contribution is 0.0626. The summed E-state index contributed by atoms with van der Waals surface area (Å²) < 4.78 is 7.75. The molecular formula is C26H25N3O4. The number of hydrogen-bond acceptors (Lipinski definition) is 5. The minimum Gasteiger partial charge on any atom is -0.502 e. The number of aromatic hydroxyl groups is 1. The first-order chi connectivity index (χ1) is 16.1. The number of para-hydroxylation sites is 1. The number of carbonyl (C=O) groups is 1. The summed E-state index contributed by atoms with van der Waals surface area (Å²) >= 11 is 0. The topological polar surface area (TPSA) is 75.0 Å². The minimum atomic E-state index is -0.579. The molecule has 2 aliphatic heterocycles. The van der Waals surface area contributed by atoms with E-state index in [9.17, 15) is 14.7 Å². The van der Waals surface area contributed by atoms with Crippen LogP contribution in [0.3, 0.4) is 0 Å². The first-order valence-electron chi connectivity index (χ1n) is 11.1. The summed E-state index contributed by atoms with van der Waals surface area (Å²) in [5.74, 6) is -0.179. The first-order valence-corrected chi connectivity index (χ1v) is 11.1. The molecule has 5 rings (SSSR count). The Morgan fingerprint density at radius 2 is 1.79 bits per heavy atom. The van der Waals surface area contributed by atoms with Gasteiger partial charge in [0, 0.05) is 17.8 Å². The van der Waals surface area contributed by atoms with E-state index in [1.165, 1.54) is 6.07 Å².